The van der Waals surface area contributed by atoms with Gasteiger partial charge in [0.05, 0.1) is 4.92 Å². The van der Waals surface area contributed by atoms with E-state index in [2.05, 4.69) is 22.1 Å². The number of nitrogens with one attached hydrogen (secondary N) is 1. The maximum Gasteiger partial charge on any atom is 0.293 e. The van der Waals surface area contributed by atoms with E-state index in [1.165, 1.54) is 6.42 Å². The first-order chi connectivity index (χ1) is 10.1. The number of nitro groups is 1. The van der Waals surface area contributed by atoms with Crippen LogP contribution in [0.3, 0.4) is 0 Å². The predicted octanol–water partition coefficient (Wildman–Crippen LogP) is 1.41. The molecule has 7 nitrogen and oxygen atoms in total. The summed E-state index contributed by atoms with van der Waals surface area (Å²) in [6.07, 6.45) is 1.18. The van der Waals surface area contributed by atoms with Gasteiger partial charge in [-0.2, -0.15) is 0 Å². The maximum absolute atomic E-state index is 11.0. The fraction of sp³-hybridized carbons (Fsp3) is 0.571. The molecule has 0 bridgehead atoms. The molecule has 116 valence electrons. The monoisotopic (exact) mass is 293 g/mol. The number of anilines is 1. The lowest BCUT2D eigenvalue weighted by atomic mass is 10.1. The molecule has 0 spiro atoms. The highest BCUT2D eigenvalue weighted by Crippen LogP contribution is 2.25. The standard InChI is InChI=1S/C14H23N5O2/c1-2-5-17-6-8-18(9-7-17)11-12-3-4-13(16-15)14(10-12)19(20)21/h3-4,10,16H,2,5-9,11,15H2,1H3. The molecule has 7 heteroatoms. The molecule has 1 aliphatic rings. The second-order valence-electron chi connectivity index (χ2n) is 5.37. The average Bonchev–Trinajstić information content (AvgIpc) is 2.49. The van der Waals surface area contributed by atoms with E-state index < -0.39 is 4.92 Å². The third-order valence-corrected chi connectivity index (χ3v) is 3.83. The van der Waals surface area contributed by atoms with Gasteiger partial charge in [0.2, 0.25) is 0 Å². The summed E-state index contributed by atoms with van der Waals surface area (Å²) in [4.78, 5) is 15.4. The summed E-state index contributed by atoms with van der Waals surface area (Å²) in [5.74, 6) is 5.30. The number of nitrogens with two attached hydrogens (primary N) is 1. The smallest absolute Gasteiger partial charge is 0.293 e. The van der Waals surface area contributed by atoms with Crippen molar-refractivity contribution in [2.75, 3.05) is 38.1 Å². The zero-order valence-corrected chi connectivity index (χ0v) is 12.4. The van der Waals surface area contributed by atoms with Crippen molar-refractivity contribution < 1.29 is 4.92 Å². The molecule has 1 aromatic carbocycles. The van der Waals surface area contributed by atoms with E-state index in [0.717, 1.165) is 44.8 Å². The first-order valence-electron chi connectivity index (χ1n) is 7.32. The van der Waals surface area contributed by atoms with Crippen LogP contribution in [0.5, 0.6) is 0 Å². The van der Waals surface area contributed by atoms with Crippen molar-refractivity contribution >= 4 is 11.4 Å². The van der Waals surface area contributed by atoms with E-state index in [0.29, 0.717) is 5.69 Å². The summed E-state index contributed by atoms with van der Waals surface area (Å²) in [6.45, 7) is 8.23. The normalized spacial score (nSPS) is 16.9. The molecule has 0 atom stereocenters. The molecule has 0 aliphatic carbocycles. The number of hydrogen-bond donors (Lipinski definition) is 2. The molecule has 0 radical (unpaired) electrons. The average molecular weight is 293 g/mol. The lowest BCUT2D eigenvalue weighted by Crippen LogP contribution is -2.45. The van der Waals surface area contributed by atoms with Gasteiger partial charge in [-0.3, -0.25) is 20.9 Å². The third kappa shape index (κ3) is 4.13. The Morgan fingerprint density at radius 2 is 1.95 bits per heavy atom. The second-order valence-corrected chi connectivity index (χ2v) is 5.37. The van der Waals surface area contributed by atoms with Crippen LogP contribution in [0.25, 0.3) is 0 Å². The molecule has 1 saturated heterocycles. The van der Waals surface area contributed by atoms with Crippen molar-refractivity contribution in [3.8, 4) is 0 Å². The highest BCUT2D eigenvalue weighted by molar-refractivity contribution is 5.61. The molecule has 0 aromatic heterocycles. The third-order valence-electron chi connectivity index (χ3n) is 3.83. The Morgan fingerprint density at radius 1 is 1.29 bits per heavy atom. The van der Waals surface area contributed by atoms with Crippen molar-refractivity contribution in [1.29, 1.82) is 0 Å². The van der Waals surface area contributed by atoms with E-state index in [1.54, 1.807) is 12.1 Å². The maximum atomic E-state index is 11.0. The van der Waals surface area contributed by atoms with Crippen LogP contribution in [0, 0.1) is 10.1 Å². The quantitative estimate of drug-likeness (QED) is 0.468. The number of nitro benzene ring substituents is 1. The summed E-state index contributed by atoms with van der Waals surface area (Å²) in [5.41, 5.74) is 3.69. The van der Waals surface area contributed by atoms with Gasteiger partial charge < -0.3 is 10.3 Å². The molecule has 2 rings (SSSR count). The van der Waals surface area contributed by atoms with Gasteiger partial charge in [0.25, 0.3) is 5.69 Å². The van der Waals surface area contributed by atoms with Crippen LogP contribution in [-0.2, 0) is 6.54 Å². The lowest BCUT2D eigenvalue weighted by molar-refractivity contribution is -0.384. The molecule has 3 N–H and O–H groups in total. The Balaban J connectivity index is 1.97. The minimum Gasteiger partial charge on any atom is -0.318 e. The van der Waals surface area contributed by atoms with Gasteiger partial charge in [0.15, 0.2) is 0 Å². The largest absolute Gasteiger partial charge is 0.318 e. The minimum absolute atomic E-state index is 0.0274. The topological polar surface area (TPSA) is 87.7 Å². The van der Waals surface area contributed by atoms with Crippen LogP contribution in [-0.4, -0.2) is 47.4 Å². The van der Waals surface area contributed by atoms with E-state index in [4.69, 9.17) is 5.84 Å². The van der Waals surface area contributed by atoms with E-state index in [9.17, 15) is 10.1 Å². The summed E-state index contributed by atoms with van der Waals surface area (Å²) < 4.78 is 0. The molecule has 0 saturated carbocycles. The van der Waals surface area contributed by atoms with Crippen molar-refractivity contribution in [3.05, 3.63) is 33.9 Å². The van der Waals surface area contributed by atoms with E-state index in [1.807, 2.05) is 6.07 Å². The molecule has 1 heterocycles. The molecule has 1 aromatic rings. The number of hydrogen-bond acceptors (Lipinski definition) is 6. The van der Waals surface area contributed by atoms with Crippen molar-refractivity contribution in [2.24, 2.45) is 5.84 Å². The summed E-state index contributed by atoms with van der Waals surface area (Å²) in [6, 6.07) is 5.16. The van der Waals surface area contributed by atoms with E-state index in [-0.39, 0.29) is 5.69 Å². The number of piperazine rings is 1. The zero-order valence-electron chi connectivity index (χ0n) is 12.4. The number of nitrogen functional groups attached to an aromatic ring is 1. The predicted molar refractivity (Wildman–Crippen MR) is 82.9 cm³/mol. The number of nitrogens with zero attached hydrogens (tertiary/aromatic N) is 3. The van der Waals surface area contributed by atoms with Crippen LogP contribution >= 0.6 is 0 Å². The molecular formula is C14H23N5O2. The van der Waals surface area contributed by atoms with Crippen molar-refractivity contribution in [1.82, 2.24) is 9.80 Å². The van der Waals surface area contributed by atoms with Crippen LogP contribution in [0.4, 0.5) is 11.4 Å². The Morgan fingerprint density at radius 3 is 2.52 bits per heavy atom. The highest BCUT2D eigenvalue weighted by Gasteiger charge is 2.18. The summed E-state index contributed by atoms with van der Waals surface area (Å²) >= 11 is 0. The van der Waals surface area contributed by atoms with Crippen LogP contribution in [0.15, 0.2) is 18.2 Å². The lowest BCUT2D eigenvalue weighted by Gasteiger charge is -2.34. The summed E-state index contributed by atoms with van der Waals surface area (Å²) in [5, 5.41) is 11.0. The molecular weight excluding hydrogens is 270 g/mol. The van der Waals surface area contributed by atoms with Crippen LogP contribution < -0.4 is 11.3 Å². The minimum atomic E-state index is -0.405. The molecule has 0 unspecified atom stereocenters. The molecule has 21 heavy (non-hydrogen) atoms. The zero-order chi connectivity index (χ0) is 15.2. The molecule has 1 aliphatic heterocycles. The van der Waals surface area contributed by atoms with Gasteiger partial charge in [-0.25, -0.2) is 0 Å². The SMILES string of the molecule is CCCN1CCN(Cc2ccc(NN)c([N+](=O)[O-])c2)CC1. The van der Waals surface area contributed by atoms with Gasteiger partial charge in [0.1, 0.15) is 5.69 Å². The second kappa shape index (κ2) is 7.35. The Bertz CT molecular complexity index is 486. The van der Waals surface area contributed by atoms with E-state index >= 15 is 0 Å². The summed E-state index contributed by atoms with van der Waals surface area (Å²) in [7, 11) is 0. The van der Waals surface area contributed by atoms with Crippen LogP contribution in [0.2, 0.25) is 0 Å². The van der Waals surface area contributed by atoms with Gasteiger partial charge in [-0.1, -0.05) is 13.0 Å². The van der Waals surface area contributed by atoms with Gasteiger partial charge in [0, 0.05) is 38.8 Å². The highest BCUT2D eigenvalue weighted by atomic mass is 16.6. The van der Waals surface area contributed by atoms with Crippen LogP contribution in [0.1, 0.15) is 18.9 Å². The number of rotatable bonds is 6. The molecule has 1 fully saturated rings. The Kier molecular flexibility index (Phi) is 5.49. The molecule has 0 amide bonds. The van der Waals surface area contributed by atoms with Crippen molar-refractivity contribution in [2.45, 2.75) is 19.9 Å². The Hall–Kier alpha value is -1.70. The first kappa shape index (κ1) is 15.7. The first-order valence-corrected chi connectivity index (χ1v) is 7.32. The van der Waals surface area contributed by atoms with Gasteiger partial charge in [-0.05, 0) is 24.6 Å². The van der Waals surface area contributed by atoms with Crippen molar-refractivity contribution in [3.63, 3.8) is 0 Å². The van der Waals surface area contributed by atoms with Gasteiger partial charge in [-0.15, -0.1) is 0 Å². The number of benzene rings is 1. The number of hydrazine groups is 1. The fourth-order valence-corrected chi connectivity index (χ4v) is 2.69. The fourth-order valence-electron chi connectivity index (χ4n) is 2.69. The Labute approximate surface area is 124 Å². The van der Waals surface area contributed by atoms with Gasteiger partial charge >= 0.3 is 0 Å².